The van der Waals surface area contributed by atoms with Gasteiger partial charge in [-0.3, -0.25) is 11.3 Å². The summed E-state index contributed by atoms with van der Waals surface area (Å²) in [6, 6.07) is 5.50. The van der Waals surface area contributed by atoms with Gasteiger partial charge in [-0.15, -0.1) is 5.10 Å². The molecule has 0 aliphatic heterocycles. The average Bonchev–Trinajstić information content (AvgIpc) is 2.88. The Morgan fingerprint density at radius 3 is 2.80 bits per heavy atom. The number of benzene rings is 1. The molecule has 1 heterocycles. The van der Waals surface area contributed by atoms with E-state index in [0.29, 0.717) is 16.5 Å². The molecule has 1 aromatic heterocycles. The third kappa shape index (κ3) is 3.49. The molecule has 0 amide bonds. The Morgan fingerprint density at radius 1 is 1.35 bits per heavy atom. The number of halogens is 2. The molecule has 1 unspecified atom stereocenters. The number of nitrogens with zero attached hydrogens (tertiary/aromatic N) is 3. The smallest absolute Gasteiger partial charge is 0.0773 e. The van der Waals surface area contributed by atoms with E-state index in [-0.39, 0.29) is 6.04 Å². The molecular formula is C13H17Cl2N5. The van der Waals surface area contributed by atoms with Crippen LogP contribution in [0.15, 0.2) is 24.4 Å². The fourth-order valence-corrected chi connectivity index (χ4v) is 2.39. The highest BCUT2D eigenvalue weighted by Crippen LogP contribution is 2.25. The number of hydrogen-bond donors (Lipinski definition) is 2. The van der Waals surface area contributed by atoms with Crippen molar-refractivity contribution in [2.45, 2.75) is 32.4 Å². The predicted molar refractivity (Wildman–Crippen MR) is 80.5 cm³/mol. The van der Waals surface area contributed by atoms with Gasteiger partial charge >= 0.3 is 0 Å². The summed E-state index contributed by atoms with van der Waals surface area (Å²) in [5.74, 6) is 5.67. The summed E-state index contributed by atoms with van der Waals surface area (Å²) >= 11 is 12.0. The molecule has 0 saturated carbocycles. The van der Waals surface area contributed by atoms with Crippen molar-refractivity contribution in [1.29, 1.82) is 0 Å². The summed E-state index contributed by atoms with van der Waals surface area (Å²) in [4.78, 5) is 0. The van der Waals surface area contributed by atoms with Crippen molar-refractivity contribution in [2.75, 3.05) is 0 Å². The van der Waals surface area contributed by atoms with E-state index >= 15 is 0 Å². The lowest BCUT2D eigenvalue weighted by atomic mass is 10.0. The first-order valence-electron chi connectivity index (χ1n) is 6.44. The normalized spacial score (nSPS) is 12.6. The van der Waals surface area contributed by atoms with Gasteiger partial charge in [0.1, 0.15) is 0 Å². The Bertz CT molecular complexity index is 570. The van der Waals surface area contributed by atoms with Gasteiger partial charge in [-0.2, -0.15) is 0 Å². The molecule has 7 heteroatoms. The molecule has 0 aliphatic rings. The number of hydrazine groups is 1. The standard InChI is InChI=1S/C13H17Cl2N5/c1-2-5-20-13(8-17-19-20)12(18-16)7-9-3-4-10(14)11(15)6-9/h3-4,6,8,12,18H,2,5,7,16H2,1H3. The Hall–Kier alpha value is -1.14. The Balaban J connectivity index is 2.19. The van der Waals surface area contributed by atoms with Gasteiger partial charge in [-0.25, -0.2) is 4.68 Å². The molecule has 0 aliphatic carbocycles. The molecule has 5 nitrogen and oxygen atoms in total. The maximum atomic E-state index is 6.03. The zero-order chi connectivity index (χ0) is 14.5. The van der Waals surface area contributed by atoms with Crippen LogP contribution in [0.1, 0.15) is 30.6 Å². The van der Waals surface area contributed by atoms with Crippen LogP contribution in [0.2, 0.25) is 10.0 Å². The number of rotatable bonds is 6. The Labute approximate surface area is 128 Å². The highest BCUT2D eigenvalue weighted by Gasteiger charge is 2.16. The molecule has 2 aromatic rings. The first-order valence-corrected chi connectivity index (χ1v) is 7.19. The minimum Gasteiger partial charge on any atom is -0.271 e. The van der Waals surface area contributed by atoms with E-state index in [1.165, 1.54) is 0 Å². The van der Waals surface area contributed by atoms with Crippen molar-refractivity contribution in [3.05, 3.63) is 45.7 Å². The van der Waals surface area contributed by atoms with Crippen LogP contribution in [0.4, 0.5) is 0 Å². The van der Waals surface area contributed by atoms with E-state index in [2.05, 4.69) is 22.7 Å². The summed E-state index contributed by atoms with van der Waals surface area (Å²) in [6.45, 7) is 2.91. The lowest BCUT2D eigenvalue weighted by molar-refractivity contribution is 0.474. The number of hydrogen-bond acceptors (Lipinski definition) is 4. The van der Waals surface area contributed by atoms with Crippen LogP contribution in [0.3, 0.4) is 0 Å². The lowest BCUT2D eigenvalue weighted by Gasteiger charge is -2.17. The second-order valence-electron chi connectivity index (χ2n) is 4.55. The number of aromatic nitrogens is 3. The van der Waals surface area contributed by atoms with Gasteiger partial charge < -0.3 is 0 Å². The fourth-order valence-electron chi connectivity index (χ4n) is 2.07. The highest BCUT2D eigenvalue weighted by molar-refractivity contribution is 6.42. The summed E-state index contributed by atoms with van der Waals surface area (Å²) < 4.78 is 1.86. The minimum atomic E-state index is -0.0752. The molecule has 2 rings (SSSR count). The zero-order valence-electron chi connectivity index (χ0n) is 11.2. The van der Waals surface area contributed by atoms with Crippen LogP contribution in [0, 0.1) is 0 Å². The van der Waals surface area contributed by atoms with Gasteiger partial charge in [-0.05, 0) is 30.5 Å². The molecule has 0 fully saturated rings. The van der Waals surface area contributed by atoms with Crippen molar-refractivity contribution in [1.82, 2.24) is 20.4 Å². The zero-order valence-corrected chi connectivity index (χ0v) is 12.7. The first-order chi connectivity index (χ1) is 9.65. The van der Waals surface area contributed by atoms with E-state index in [1.54, 1.807) is 12.3 Å². The molecule has 3 N–H and O–H groups in total. The van der Waals surface area contributed by atoms with Crippen molar-refractivity contribution >= 4 is 23.2 Å². The topological polar surface area (TPSA) is 68.8 Å². The first kappa shape index (κ1) is 15.3. The summed E-state index contributed by atoms with van der Waals surface area (Å²) in [6.07, 6.45) is 3.41. The predicted octanol–water partition coefficient (Wildman–Crippen LogP) is 2.74. The monoisotopic (exact) mass is 313 g/mol. The van der Waals surface area contributed by atoms with Crippen LogP contribution >= 0.6 is 23.2 Å². The molecule has 0 saturated heterocycles. The maximum Gasteiger partial charge on any atom is 0.0773 e. The van der Waals surface area contributed by atoms with Crippen LogP contribution in [-0.2, 0) is 13.0 Å². The Kier molecular flexibility index (Phi) is 5.37. The quantitative estimate of drug-likeness (QED) is 0.635. The number of nitrogens with one attached hydrogen (secondary N) is 1. The van der Waals surface area contributed by atoms with Crippen molar-refractivity contribution in [3.63, 3.8) is 0 Å². The molecule has 0 spiro atoms. The van der Waals surface area contributed by atoms with E-state index in [0.717, 1.165) is 24.2 Å². The third-order valence-electron chi connectivity index (χ3n) is 3.07. The van der Waals surface area contributed by atoms with Crippen LogP contribution in [0.5, 0.6) is 0 Å². The second kappa shape index (κ2) is 7.04. The van der Waals surface area contributed by atoms with E-state index < -0.39 is 0 Å². The summed E-state index contributed by atoms with van der Waals surface area (Å²) in [7, 11) is 0. The maximum absolute atomic E-state index is 6.03. The van der Waals surface area contributed by atoms with Crippen molar-refractivity contribution in [3.8, 4) is 0 Å². The minimum absolute atomic E-state index is 0.0752. The van der Waals surface area contributed by atoms with Gasteiger partial charge in [0.2, 0.25) is 0 Å². The van der Waals surface area contributed by atoms with Gasteiger partial charge in [0.05, 0.1) is 28.0 Å². The summed E-state index contributed by atoms with van der Waals surface area (Å²) in [5.41, 5.74) is 4.82. The molecule has 20 heavy (non-hydrogen) atoms. The molecule has 1 aromatic carbocycles. The average molecular weight is 314 g/mol. The van der Waals surface area contributed by atoms with Gasteiger partial charge in [0.25, 0.3) is 0 Å². The van der Waals surface area contributed by atoms with Gasteiger partial charge in [-0.1, -0.05) is 41.4 Å². The Morgan fingerprint density at radius 2 is 2.15 bits per heavy atom. The van der Waals surface area contributed by atoms with Crippen LogP contribution in [-0.4, -0.2) is 15.0 Å². The molecule has 0 bridgehead atoms. The van der Waals surface area contributed by atoms with E-state index in [9.17, 15) is 0 Å². The van der Waals surface area contributed by atoms with Crippen molar-refractivity contribution in [2.24, 2.45) is 5.84 Å². The second-order valence-corrected chi connectivity index (χ2v) is 5.37. The van der Waals surface area contributed by atoms with Gasteiger partial charge in [0, 0.05) is 6.54 Å². The van der Waals surface area contributed by atoms with Gasteiger partial charge in [0.15, 0.2) is 0 Å². The summed E-state index contributed by atoms with van der Waals surface area (Å²) in [5, 5.41) is 9.11. The van der Waals surface area contributed by atoms with Crippen molar-refractivity contribution < 1.29 is 0 Å². The SMILES string of the molecule is CCCn1nncc1C(Cc1ccc(Cl)c(Cl)c1)NN. The van der Waals surface area contributed by atoms with Crippen LogP contribution in [0.25, 0.3) is 0 Å². The molecule has 108 valence electrons. The number of nitrogens with two attached hydrogens (primary N) is 1. The van der Waals surface area contributed by atoms with E-state index in [1.807, 2.05) is 16.8 Å². The lowest BCUT2D eigenvalue weighted by Crippen LogP contribution is -2.31. The van der Waals surface area contributed by atoms with Crippen LogP contribution < -0.4 is 11.3 Å². The van der Waals surface area contributed by atoms with E-state index in [4.69, 9.17) is 29.0 Å². The molecular weight excluding hydrogens is 297 g/mol. The molecule has 1 atom stereocenters. The third-order valence-corrected chi connectivity index (χ3v) is 3.80. The largest absolute Gasteiger partial charge is 0.271 e. The number of aryl methyl sites for hydroxylation is 1. The molecule has 0 radical (unpaired) electrons. The fraction of sp³-hybridized carbons (Fsp3) is 0.385. The highest BCUT2D eigenvalue weighted by atomic mass is 35.5.